The summed E-state index contributed by atoms with van der Waals surface area (Å²) < 4.78 is 15.5. The van der Waals surface area contributed by atoms with Gasteiger partial charge in [-0.1, -0.05) is 30.8 Å². The van der Waals surface area contributed by atoms with Gasteiger partial charge in [0.25, 0.3) is 0 Å². The summed E-state index contributed by atoms with van der Waals surface area (Å²) in [6.45, 7) is 6.81. The number of aromatic nitrogens is 3. The Balaban J connectivity index is 2.54. The Morgan fingerprint density at radius 1 is 1.26 bits per heavy atom. The molecule has 1 aromatic carbocycles. The molecule has 0 aliphatic heterocycles. The molecule has 0 saturated heterocycles. The van der Waals surface area contributed by atoms with E-state index in [1.165, 1.54) is 36.3 Å². The van der Waals surface area contributed by atoms with E-state index in [0.29, 0.717) is 11.7 Å². The number of thioether (sulfide) groups is 1. The van der Waals surface area contributed by atoms with Crippen LogP contribution in [0.1, 0.15) is 39.2 Å². The van der Waals surface area contributed by atoms with Gasteiger partial charge in [-0.25, -0.2) is 18.5 Å². The summed E-state index contributed by atoms with van der Waals surface area (Å²) in [6.07, 6.45) is 5.45. The second-order valence-corrected chi connectivity index (χ2v) is 11.2. The van der Waals surface area contributed by atoms with Crippen LogP contribution in [-0.2, 0) is 13.1 Å². The van der Waals surface area contributed by atoms with Crippen molar-refractivity contribution in [1.29, 1.82) is 5.41 Å². The third kappa shape index (κ3) is 9.45. The van der Waals surface area contributed by atoms with Crippen LogP contribution in [-0.4, -0.2) is 38.2 Å². The standard InChI is InChI=1S/C26H37FN6O3P2S/c1-6-8-23(29-5)39-22-13-18(19(34)11-15(22)2)30-24-31-25(35)33(14-17(4)28)26(36)32(24)10-7-9-20(37)21(38)12-16(3)27/h8-9,11-13,16,28-29,34H,6-7,10,14,37-38H2,1-5H3,(H,30,31,35)/b20-9+,21-12+,23-8+,28-17?. The molecule has 0 radical (unpaired) electrons. The Morgan fingerprint density at radius 3 is 2.54 bits per heavy atom. The van der Waals surface area contributed by atoms with Crippen molar-refractivity contribution in [3.05, 3.63) is 72.6 Å². The van der Waals surface area contributed by atoms with E-state index in [2.05, 4.69) is 34.1 Å². The number of hydrogen-bond acceptors (Lipinski definition) is 8. The number of allylic oxidation sites excluding steroid dienone is 5. The number of alkyl halides is 1. The number of nitrogens with zero attached hydrogens (tertiary/aromatic N) is 3. The smallest absolute Gasteiger partial charge is 0.355 e. The van der Waals surface area contributed by atoms with Crippen LogP contribution in [0.25, 0.3) is 0 Å². The minimum atomic E-state index is -1.11. The fourth-order valence-corrected chi connectivity index (χ4v) is 5.14. The number of nitrogens with one attached hydrogen (secondary N) is 3. The van der Waals surface area contributed by atoms with Gasteiger partial charge in [0.1, 0.15) is 11.9 Å². The van der Waals surface area contributed by atoms with Gasteiger partial charge in [0.05, 0.1) is 17.3 Å². The van der Waals surface area contributed by atoms with Gasteiger partial charge in [-0.15, -0.1) is 18.5 Å². The van der Waals surface area contributed by atoms with E-state index in [1.807, 2.05) is 33.0 Å². The van der Waals surface area contributed by atoms with Gasteiger partial charge in [-0.05, 0) is 68.0 Å². The highest BCUT2D eigenvalue weighted by Crippen LogP contribution is 2.36. The molecule has 0 amide bonds. The molecule has 9 nitrogen and oxygen atoms in total. The number of benzene rings is 1. The number of phenolic OH excluding ortho intramolecular Hbond substituents is 1. The van der Waals surface area contributed by atoms with E-state index >= 15 is 0 Å². The van der Waals surface area contributed by atoms with E-state index in [-0.39, 0.29) is 36.2 Å². The Kier molecular flexibility index (Phi) is 12.6. The molecule has 4 N–H and O–H groups in total. The molecule has 39 heavy (non-hydrogen) atoms. The molecule has 212 valence electrons. The van der Waals surface area contributed by atoms with Crippen molar-refractivity contribution in [3.63, 3.8) is 0 Å². The fourth-order valence-electron chi connectivity index (χ4n) is 3.51. The lowest BCUT2D eigenvalue weighted by atomic mass is 10.2. The molecule has 0 saturated carbocycles. The highest BCUT2D eigenvalue weighted by Gasteiger charge is 2.16. The predicted molar refractivity (Wildman–Crippen MR) is 166 cm³/mol. The molecule has 13 heteroatoms. The third-order valence-corrected chi connectivity index (χ3v) is 8.08. The van der Waals surface area contributed by atoms with E-state index in [0.717, 1.165) is 31.8 Å². The number of aromatic hydroxyl groups is 1. The molecule has 0 bridgehead atoms. The Hall–Kier alpha value is -2.74. The van der Waals surface area contributed by atoms with Gasteiger partial charge in [-0.3, -0.25) is 4.57 Å². The van der Waals surface area contributed by atoms with Crippen molar-refractivity contribution in [1.82, 2.24) is 19.4 Å². The Morgan fingerprint density at radius 2 is 1.95 bits per heavy atom. The van der Waals surface area contributed by atoms with E-state index in [1.54, 1.807) is 12.1 Å². The average molecular weight is 595 g/mol. The maximum absolute atomic E-state index is 13.3. The third-order valence-electron chi connectivity index (χ3n) is 5.40. The molecule has 2 aromatic rings. The molecule has 3 atom stereocenters. The zero-order valence-electron chi connectivity index (χ0n) is 22.8. The van der Waals surface area contributed by atoms with Crippen LogP contribution in [0, 0.1) is 12.3 Å². The number of anilines is 2. The van der Waals surface area contributed by atoms with Crippen molar-refractivity contribution in [2.75, 3.05) is 12.4 Å². The monoisotopic (exact) mass is 594 g/mol. The molecule has 1 heterocycles. The first-order valence-corrected chi connectivity index (χ1v) is 14.3. The van der Waals surface area contributed by atoms with E-state index in [9.17, 15) is 19.1 Å². The topological polar surface area (TPSA) is 125 Å². The van der Waals surface area contributed by atoms with Gasteiger partial charge < -0.3 is 21.1 Å². The van der Waals surface area contributed by atoms with Crippen molar-refractivity contribution >= 4 is 47.6 Å². The van der Waals surface area contributed by atoms with Crippen LogP contribution in [0.15, 0.2) is 60.5 Å². The van der Waals surface area contributed by atoms with Crippen LogP contribution in [0.3, 0.4) is 0 Å². The lowest BCUT2D eigenvalue weighted by molar-refractivity contribution is 0.430. The number of halogens is 1. The zero-order chi connectivity index (χ0) is 29.3. The summed E-state index contributed by atoms with van der Waals surface area (Å²) in [5.41, 5.74) is -0.169. The van der Waals surface area contributed by atoms with Crippen LogP contribution in [0.2, 0.25) is 0 Å². The highest BCUT2D eigenvalue weighted by atomic mass is 32.2. The lowest BCUT2D eigenvalue weighted by Crippen LogP contribution is -2.43. The second kappa shape index (κ2) is 15.2. The highest BCUT2D eigenvalue weighted by molar-refractivity contribution is 8.03. The van der Waals surface area contributed by atoms with Gasteiger partial charge in [-0.2, -0.15) is 4.98 Å². The first-order chi connectivity index (χ1) is 18.4. The van der Waals surface area contributed by atoms with Gasteiger partial charge in [0, 0.05) is 24.2 Å². The van der Waals surface area contributed by atoms with Crippen LogP contribution >= 0.6 is 30.2 Å². The molecule has 0 fully saturated rings. The molecule has 2 rings (SSSR count). The summed E-state index contributed by atoms with van der Waals surface area (Å²) in [7, 11) is 6.86. The summed E-state index contributed by atoms with van der Waals surface area (Å²) >= 11 is 1.49. The summed E-state index contributed by atoms with van der Waals surface area (Å²) in [5.74, 6) is -0.0948. The quantitative estimate of drug-likeness (QED) is 0.0843. The molecule has 0 aliphatic rings. The second-order valence-electron chi connectivity index (χ2n) is 8.85. The van der Waals surface area contributed by atoms with Crippen molar-refractivity contribution in [2.24, 2.45) is 0 Å². The van der Waals surface area contributed by atoms with Gasteiger partial charge in [0.15, 0.2) is 0 Å². The van der Waals surface area contributed by atoms with Gasteiger partial charge in [0.2, 0.25) is 5.95 Å². The summed E-state index contributed by atoms with van der Waals surface area (Å²) in [5, 5.41) is 26.9. The number of phenols is 1. The minimum Gasteiger partial charge on any atom is -0.506 e. The Labute approximate surface area is 237 Å². The van der Waals surface area contributed by atoms with Crippen molar-refractivity contribution in [2.45, 2.75) is 64.7 Å². The average Bonchev–Trinajstić information content (AvgIpc) is 2.85. The summed E-state index contributed by atoms with van der Waals surface area (Å²) in [4.78, 5) is 31.0. The number of aryl methyl sites for hydroxylation is 1. The first-order valence-electron chi connectivity index (χ1n) is 12.4. The van der Waals surface area contributed by atoms with E-state index < -0.39 is 17.6 Å². The fraction of sp³-hybridized carbons (Fsp3) is 0.385. The maximum atomic E-state index is 13.3. The molecule has 3 unspecified atom stereocenters. The Bertz CT molecular complexity index is 1420. The van der Waals surface area contributed by atoms with Crippen LogP contribution in [0.4, 0.5) is 16.0 Å². The van der Waals surface area contributed by atoms with Gasteiger partial charge >= 0.3 is 11.4 Å². The molecular formula is C26H37FN6O3P2S. The number of rotatable bonds is 13. The van der Waals surface area contributed by atoms with Crippen molar-refractivity contribution < 1.29 is 9.50 Å². The zero-order valence-corrected chi connectivity index (χ0v) is 26.0. The van der Waals surface area contributed by atoms with Crippen LogP contribution in [0.5, 0.6) is 5.75 Å². The number of hydrogen-bond donors (Lipinski definition) is 4. The summed E-state index contributed by atoms with van der Waals surface area (Å²) in [6, 6.07) is 3.35. The van der Waals surface area contributed by atoms with Crippen molar-refractivity contribution in [3.8, 4) is 5.75 Å². The minimum absolute atomic E-state index is 0.0327. The normalized spacial score (nSPS) is 13.4. The maximum Gasteiger partial charge on any atom is 0.355 e. The molecule has 0 aliphatic carbocycles. The first kappa shape index (κ1) is 32.5. The predicted octanol–water partition coefficient (Wildman–Crippen LogP) is 5.03. The lowest BCUT2D eigenvalue weighted by Gasteiger charge is -2.17. The largest absolute Gasteiger partial charge is 0.506 e. The molecular weight excluding hydrogens is 557 g/mol. The van der Waals surface area contributed by atoms with Crippen LogP contribution < -0.4 is 22.0 Å². The van der Waals surface area contributed by atoms with E-state index in [4.69, 9.17) is 5.41 Å². The SMILES string of the molecule is CC/C=C(\NC)Sc1cc(Nc2nc(=O)n(CC(C)=N)c(=O)n2CC/C=C(P)\C(P)=C/C(C)F)c(O)cc1C. The molecule has 0 spiro atoms. The molecule has 1 aromatic heterocycles.